The van der Waals surface area contributed by atoms with Crippen molar-refractivity contribution in [2.24, 2.45) is 22.0 Å². The highest BCUT2D eigenvalue weighted by Crippen LogP contribution is 2.21. The average molecular weight is 391 g/mol. The van der Waals surface area contributed by atoms with Crippen molar-refractivity contribution in [1.82, 2.24) is 10.9 Å². The summed E-state index contributed by atoms with van der Waals surface area (Å²) in [5.41, 5.74) is 7.66. The molecule has 2 rings (SSSR count). The van der Waals surface area contributed by atoms with E-state index in [0.717, 1.165) is 62.8 Å². The minimum Gasteiger partial charge on any atom is -0.273 e. The SMILES string of the molecule is CC1CCCC(=NNC(=O)CCCCCCC(=O)NN=C2CCCC(C)C2)C1. The van der Waals surface area contributed by atoms with Gasteiger partial charge in [0.15, 0.2) is 0 Å². The van der Waals surface area contributed by atoms with Crippen molar-refractivity contribution < 1.29 is 9.59 Å². The van der Waals surface area contributed by atoms with Crippen LogP contribution in [0.25, 0.3) is 0 Å². The molecule has 2 amide bonds. The van der Waals surface area contributed by atoms with E-state index in [4.69, 9.17) is 0 Å². The molecule has 2 saturated carbocycles. The van der Waals surface area contributed by atoms with E-state index in [2.05, 4.69) is 34.9 Å². The summed E-state index contributed by atoms with van der Waals surface area (Å²) in [6, 6.07) is 0. The Morgan fingerprint density at radius 1 is 0.786 bits per heavy atom. The number of hydrogen-bond donors (Lipinski definition) is 2. The Hall–Kier alpha value is -1.72. The quantitative estimate of drug-likeness (QED) is 0.442. The van der Waals surface area contributed by atoms with Gasteiger partial charge in [0.25, 0.3) is 0 Å². The number of nitrogens with zero attached hydrogens (tertiary/aromatic N) is 2. The van der Waals surface area contributed by atoms with Crippen molar-refractivity contribution in [2.75, 3.05) is 0 Å². The normalized spacial score (nSPS) is 25.6. The highest BCUT2D eigenvalue weighted by Gasteiger charge is 2.15. The molecular weight excluding hydrogens is 352 g/mol. The maximum atomic E-state index is 11.9. The van der Waals surface area contributed by atoms with Crippen LogP contribution in [0.15, 0.2) is 10.2 Å². The molecule has 2 unspecified atom stereocenters. The molecule has 0 bridgehead atoms. The van der Waals surface area contributed by atoms with Crippen molar-refractivity contribution in [3.05, 3.63) is 0 Å². The Labute approximate surface area is 170 Å². The Morgan fingerprint density at radius 2 is 1.21 bits per heavy atom. The third-order valence-electron chi connectivity index (χ3n) is 5.73. The highest BCUT2D eigenvalue weighted by atomic mass is 16.2. The second-order valence-electron chi connectivity index (χ2n) is 8.74. The minimum atomic E-state index is 0.000930. The van der Waals surface area contributed by atoms with E-state index in [1.54, 1.807) is 0 Å². The van der Waals surface area contributed by atoms with Gasteiger partial charge in [0.1, 0.15) is 0 Å². The summed E-state index contributed by atoms with van der Waals surface area (Å²) in [7, 11) is 0. The van der Waals surface area contributed by atoms with Gasteiger partial charge in [-0.3, -0.25) is 9.59 Å². The van der Waals surface area contributed by atoms with Crippen LogP contribution in [0.4, 0.5) is 0 Å². The van der Waals surface area contributed by atoms with E-state index < -0.39 is 0 Å². The molecule has 0 aromatic heterocycles. The lowest BCUT2D eigenvalue weighted by Gasteiger charge is -2.18. The molecule has 6 nitrogen and oxygen atoms in total. The number of rotatable bonds is 9. The maximum absolute atomic E-state index is 11.9. The van der Waals surface area contributed by atoms with Gasteiger partial charge in [-0.2, -0.15) is 10.2 Å². The van der Waals surface area contributed by atoms with Crippen LogP contribution in [0.3, 0.4) is 0 Å². The number of carbonyl (C=O) groups is 2. The predicted molar refractivity (Wildman–Crippen MR) is 114 cm³/mol. The van der Waals surface area contributed by atoms with Crippen LogP contribution >= 0.6 is 0 Å². The van der Waals surface area contributed by atoms with E-state index in [0.29, 0.717) is 24.7 Å². The van der Waals surface area contributed by atoms with Crippen LogP contribution in [0.5, 0.6) is 0 Å². The molecule has 2 N–H and O–H groups in total. The number of carbonyl (C=O) groups excluding carboxylic acids is 2. The second-order valence-corrected chi connectivity index (χ2v) is 8.74. The maximum Gasteiger partial charge on any atom is 0.240 e. The molecule has 0 heterocycles. The predicted octanol–water partition coefficient (Wildman–Crippen LogP) is 4.69. The van der Waals surface area contributed by atoms with Gasteiger partial charge in [0, 0.05) is 24.3 Å². The lowest BCUT2D eigenvalue weighted by Crippen LogP contribution is -2.22. The zero-order valence-electron chi connectivity index (χ0n) is 17.8. The van der Waals surface area contributed by atoms with Gasteiger partial charge in [0.2, 0.25) is 11.8 Å². The fraction of sp³-hybridized carbons (Fsp3) is 0.818. The molecule has 0 aliphatic heterocycles. The third-order valence-corrected chi connectivity index (χ3v) is 5.73. The van der Waals surface area contributed by atoms with Crippen molar-refractivity contribution in [1.29, 1.82) is 0 Å². The smallest absolute Gasteiger partial charge is 0.240 e. The molecule has 0 saturated heterocycles. The van der Waals surface area contributed by atoms with Crippen LogP contribution in [0, 0.1) is 11.8 Å². The van der Waals surface area contributed by atoms with Crippen molar-refractivity contribution >= 4 is 23.2 Å². The molecule has 2 aliphatic carbocycles. The van der Waals surface area contributed by atoms with Gasteiger partial charge in [-0.25, -0.2) is 10.9 Å². The summed E-state index contributed by atoms with van der Waals surface area (Å²) >= 11 is 0. The van der Waals surface area contributed by atoms with Crippen LogP contribution < -0.4 is 10.9 Å². The van der Waals surface area contributed by atoms with Gasteiger partial charge in [-0.05, 0) is 76.0 Å². The molecule has 0 spiro atoms. The lowest BCUT2D eigenvalue weighted by atomic mass is 9.89. The number of unbranched alkanes of at least 4 members (excludes halogenated alkanes) is 3. The van der Waals surface area contributed by atoms with Gasteiger partial charge in [-0.1, -0.05) is 26.7 Å². The summed E-state index contributed by atoms with van der Waals surface area (Å²) in [5.74, 6) is 1.36. The van der Waals surface area contributed by atoms with E-state index in [-0.39, 0.29) is 11.8 Å². The number of hydrogen-bond acceptors (Lipinski definition) is 4. The third kappa shape index (κ3) is 9.47. The van der Waals surface area contributed by atoms with E-state index in [1.807, 2.05) is 0 Å². The first kappa shape index (κ1) is 22.6. The van der Waals surface area contributed by atoms with Crippen molar-refractivity contribution in [2.45, 2.75) is 104 Å². The van der Waals surface area contributed by atoms with Crippen molar-refractivity contribution in [3.8, 4) is 0 Å². The van der Waals surface area contributed by atoms with E-state index in [9.17, 15) is 9.59 Å². The van der Waals surface area contributed by atoms with Crippen LogP contribution in [0.1, 0.15) is 104 Å². The fourth-order valence-electron chi connectivity index (χ4n) is 4.04. The van der Waals surface area contributed by atoms with Crippen LogP contribution in [0.2, 0.25) is 0 Å². The van der Waals surface area contributed by atoms with Gasteiger partial charge in [-0.15, -0.1) is 0 Å². The molecule has 2 atom stereocenters. The van der Waals surface area contributed by atoms with E-state index in [1.165, 1.54) is 25.7 Å². The van der Waals surface area contributed by atoms with Crippen molar-refractivity contribution in [3.63, 3.8) is 0 Å². The molecule has 158 valence electrons. The number of amides is 2. The number of nitrogens with one attached hydrogen (secondary N) is 2. The van der Waals surface area contributed by atoms with Gasteiger partial charge in [0.05, 0.1) is 0 Å². The lowest BCUT2D eigenvalue weighted by molar-refractivity contribution is -0.122. The summed E-state index contributed by atoms with van der Waals surface area (Å²) in [4.78, 5) is 23.7. The molecule has 2 aliphatic rings. The van der Waals surface area contributed by atoms with Gasteiger partial charge >= 0.3 is 0 Å². The molecule has 6 heteroatoms. The van der Waals surface area contributed by atoms with Crippen LogP contribution in [-0.2, 0) is 9.59 Å². The monoisotopic (exact) mass is 390 g/mol. The molecule has 0 radical (unpaired) electrons. The first-order chi connectivity index (χ1) is 13.5. The Morgan fingerprint density at radius 3 is 1.61 bits per heavy atom. The zero-order chi connectivity index (χ0) is 20.2. The molecule has 0 aromatic carbocycles. The fourth-order valence-corrected chi connectivity index (χ4v) is 4.04. The minimum absolute atomic E-state index is 0.000930. The largest absolute Gasteiger partial charge is 0.273 e. The average Bonchev–Trinajstić information content (AvgIpc) is 2.67. The highest BCUT2D eigenvalue weighted by molar-refractivity contribution is 5.87. The summed E-state index contributed by atoms with van der Waals surface area (Å²) in [6.07, 6.45) is 13.5. The first-order valence-electron chi connectivity index (χ1n) is 11.2. The molecule has 0 aromatic rings. The molecule has 2 fully saturated rings. The second kappa shape index (κ2) is 12.7. The van der Waals surface area contributed by atoms with Gasteiger partial charge < -0.3 is 0 Å². The van der Waals surface area contributed by atoms with E-state index >= 15 is 0 Å². The van der Waals surface area contributed by atoms with Crippen LogP contribution in [-0.4, -0.2) is 23.2 Å². The number of hydrazone groups is 2. The molecular formula is C22H38N4O2. The first-order valence-corrected chi connectivity index (χ1v) is 11.2. The Bertz CT molecular complexity index is 521. The summed E-state index contributed by atoms with van der Waals surface area (Å²) in [5, 5.41) is 8.57. The summed E-state index contributed by atoms with van der Waals surface area (Å²) < 4.78 is 0. The topological polar surface area (TPSA) is 82.9 Å². The Balaban J connectivity index is 1.47. The molecule has 28 heavy (non-hydrogen) atoms. The zero-order valence-corrected chi connectivity index (χ0v) is 17.8. The summed E-state index contributed by atoms with van der Waals surface area (Å²) in [6.45, 7) is 4.47. The standard InChI is InChI=1S/C22H38N4O2/c1-17-9-7-11-19(15-17)23-25-21(27)13-5-3-4-6-14-22(28)26-24-20-12-8-10-18(2)16-20/h17-18H,3-16H2,1-2H3,(H,25,27)(H,26,28). The Kier molecular flexibility index (Phi) is 10.2.